The van der Waals surface area contributed by atoms with Gasteiger partial charge in [-0.25, -0.2) is 8.78 Å². The summed E-state index contributed by atoms with van der Waals surface area (Å²) in [6.45, 7) is 2.61. The van der Waals surface area contributed by atoms with Crippen molar-refractivity contribution < 1.29 is 27.9 Å². The summed E-state index contributed by atoms with van der Waals surface area (Å²) >= 11 is 0. The van der Waals surface area contributed by atoms with E-state index in [0.717, 1.165) is 49.4 Å². The van der Waals surface area contributed by atoms with Crippen molar-refractivity contribution in [2.24, 2.45) is 11.5 Å². The van der Waals surface area contributed by atoms with Crippen LogP contribution >= 0.6 is 0 Å². The lowest BCUT2D eigenvalue weighted by Crippen LogP contribution is -2.50. The fourth-order valence-electron chi connectivity index (χ4n) is 4.40. The van der Waals surface area contributed by atoms with Crippen LogP contribution in [0.25, 0.3) is 0 Å². The second-order valence-corrected chi connectivity index (χ2v) is 10.3. The molecule has 2 aromatic rings. The Bertz CT molecular complexity index is 1090. The topological polar surface area (TPSA) is 137 Å². The van der Waals surface area contributed by atoms with Crippen molar-refractivity contribution in [3.05, 3.63) is 71.3 Å². The van der Waals surface area contributed by atoms with Crippen LogP contribution in [0.2, 0.25) is 0 Å². The Morgan fingerprint density at radius 3 is 2.32 bits per heavy atom. The molecule has 0 saturated carbocycles. The van der Waals surface area contributed by atoms with Gasteiger partial charge in [0.25, 0.3) is 5.91 Å². The van der Waals surface area contributed by atoms with Gasteiger partial charge < -0.3 is 26.8 Å². The number of nitrogens with two attached hydrogens (primary N) is 2. The molecule has 0 bridgehead atoms. The van der Waals surface area contributed by atoms with Gasteiger partial charge in [-0.2, -0.15) is 0 Å². The number of amides is 2. The van der Waals surface area contributed by atoms with E-state index < -0.39 is 41.7 Å². The lowest BCUT2D eigenvalue weighted by Gasteiger charge is -2.23. The molecule has 10 heteroatoms. The van der Waals surface area contributed by atoms with Crippen molar-refractivity contribution in [1.29, 1.82) is 0 Å². The second-order valence-electron chi connectivity index (χ2n) is 10.3. The SMILES string of the molecule is CCCCCCCC(=O)OC(C(=O)NCCCNC(=O)CC(N)Cc1cc(F)ccc1F)C(N)Cc1ccccc1. The Morgan fingerprint density at radius 1 is 0.878 bits per heavy atom. The van der Waals surface area contributed by atoms with Gasteiger partial charge in [0.1, 0.15) is 11.6 Å². The molecule has 226 valence electrons. The van der Waals surface area contributed by atoms with Crippen LogP contribution < -0.4 is 22.1 Å². The van der Waals surface area contributed by atoms with E-state index in [1.807, 2.05) is 30.3 Å². The number of halogens is 2. The highest BCUT2D eigenvalue weighted by atomic mass is 19.1. The number of carbonyl (C=O) groups is 3. The molecule has 0 aliphatic heterocycles. The molecule has 0 saturated heterocycles. The van der Waals surface area contributed by atoms with E-state index >= 15 is 0 Å². The minimum atomic E-state index is -1.14. The van der Waals surface area contributed by atoms with Crippen molar-refractivity contribution in [1.82, 2.24) is 10.6 Å². The number of rotatable bonds is 19. The summed E-state index contributed by atoms with van der Waals surface area (Å²) in [5, 5.41) is 5.45. The number of ether oxygens (including phenoxy) is 1. The summed E-state index contributed by atoms with van der Waals surface area (Å²) in [7, 11) is 0. The van der Waals surface area contributed by atoms with Crippen LogP contribution in [0.3, 0.4) is 0 Å². The van der Waals surface area contributed by atoms with Gasteiger partial charge in [0.2, 0.25) is 5.91 Å². The molecular formula is C31H44F2N4O4. The maximum Gasteiger partial charge on any atom is 0.306 e. The van der Waals surface area contributed by atoms with E-state index in [-0.39, 0.29) is 43.8 Å². The summed E-state index contributed by atoms with van der Waals surface area (Å²) in [6, 6.07) is 11.1. The summed E-state index contributed by atoms with van der Waals surface area (Å²) in [5.41, 5.74) is 13.3. The monoisotopic (exact) mass is 574 g/mol. The molecule has 0 radical (unpaired) electrons. The first-order valence-corrected chi connectivity index (χ1v) is 14.4. The van der Waals surface area contributed by atoms with Crippen LogP contribution in [-0.2, 0) is 32.0 Å². The van der Waals surface area contributed by atoms with Crippen molar-refractivity contribution in [3.63, 3.8) is 0 Å². The molecule has 0 fully saturated rings. The van der Waals surface area contributed by atoms with Crippen LogP contribution in [0.15, 0.2) is 48.5 Å². The van der Waals surface area contributed by atoms with Gasteiger partial charge in [-0.3, -0.25) is 14.4 Å². The molecule has 0 spiro atoms. The maximum absolute atomic E-state index is 13.8. The standard InChI is InChI=1S/C31H44F2N4O4/c1-2-3-4-5-9-13-29(39)41-30(27(35)18-22-11-7-6-8-12-22)31(40)37-17-10-16-36-28(38)21-25(34)20-23-19-24(32)14-15-26(23)33/h6-8,11-12,14-15,19,25,27,30H,2-5,9-10,13,16-18,20-21,34-35H2,1H3,(H,36,38)(H,37,40). The van der Waals surface area contributed by atoms with Crippen molar-refractivity contribution in [3.8, 4) is 0 Å². The Balaban J connectivity index is 1.78. The molecule has 2 aromatic carbocycles. The lowest BCUT2D eigenvalue weighted by molar-refractivity contribution is -0.157. The first kappa shape index (κ1) is 33.8. The van der Waals surface area contributed by atoms with Gasteiger partial charge in [0.15, 0.2) is 6.10 Å². The molecule has 0 heterocycles. The zero-order chi connectivity index (χ0) is 30.0. The smallest absolute Gasteiger partial charge is 0.306 e. The van der Waals surface area contributed by atoms with E-state index in [0.29, 0.717) is 19.3 Å². The van der Waals surface area contributed by atoms with Crippen molar-refractivity contribution >= 4 is 17.8 Å². The molecule has 0 aromatic heterocycles. The Morgan fingerprint density at radius 2 is 1.59 bits per heavy atom. The van der Waals surface area contributed by atoms with Crippen LogP contribution in [0, 0.1) is 11.6 Å². The van der Waals surface area contributed by atoms with Gasteiger partial charge in [-0.15, -0.1) is 0 Å². The van der Waals surface area contributed by atoms with Gasteiger partial charge in [0, 0.05) is 32.0 Å². The number of carbonyl (C=O) groups excluding carboxylic acids is 3. The molecule has 2 rings (SSSR count). The third-order valence-electron chi connectivity index (χ3n) is 6.62. The second kappa shape index (κ2) is 18.9. The highest BCUT2D eigenvalue weighted by Gasteiger charge is 2.29. The average molecular weight is 575 g/mol. The number of hydrogen-bond acceptors (Lipinski definition) is 6. The van der Waals surface area contributed by atoms with Gasteiger partial charge in [-0.05, 0) is 55.0 Å². The molecule has 6 N–H and O–H groups in total. The van der Waals surface area contributed by atoms with Gasteiger partial charge >= 0.3 is 5.97 Å². The normalized spacial score (nSPS) is 13.2. The largest absolute Gasteiger partial charge is 0.451 e. The summed E-state index contributed by atoms with van der Waals surface area (Å²) < 4.78 is 32.7. The molecule has 3 atom stereocenters. The quantitative estimate of drug-likeness (QED) is 0.149. The van der Waals surface area contributed by atoms with E-state index in [9.17, 15) is 23.2 Å². The average Bonchev–Trinajstić information content (AvgIpc) is 2.93. The summed E-state index contributed by atoms with van der Waals surface area (Å²) in [4.78, 5) is 37.7. The van der Waals surface area contributed by atoms with E-state index in [4.69, 9.17) is 16.2 Å². The highest BCUT2D eigenvalue weighted by Crippen LogP contribution is 2.13. The number of benzene rings is 2. The Hall–Kier alpha value is -3.37. The first-order valence-electron chi connectivity index (χ1n) is 14.4. The molecule has 0 aliphatic rings. The third kappa shape index (κ3) is 13.7. The highest BCUT2D eigenvalue weighted by molar-refractivity contribution is 5.84. The van der Waals surface area contributed by atoms with E-state index in [1.54, 1.807) is 0 Å². The molecule has 2 amide bonds. The predicted molar refractivity (Wildman–Crippen MR) is 155 cm³/mol. The van der Waals surface area contributed by atoms with E-state index in [1.165, 1.54) is 0 Å². The summed E-state index contributed by atoms with van der Waals surface area (Å²) in [6.07, 6.45) is 4.71. The van der Waals surface area contributed by atoms with Crippen LogP contribution in [0.1, 0.15) is 69.4 Å². The third-order valence-corrected chi connectivity index (χ3v) is 6.62. The fraction of sp³-hybridized carbons (Fsp3) is 0.516. The number of hydrogen-bond donors (Lipinski definition) is 4. The van der Waals surface area contributed by atoms with Crippen molar-refractivity contribution in [2.45, 2.75) is 89.3 Å². The minimum Gasteiger partial charge on any atom is -0.451 e. The Labute approximate surface area is 241 Å². The van der Waals surface area contributed by atoms with Crippen molar-refractivity contribution in [2.75, 3.05) is 13.1 Å². The zero-order valence-electron chi connectivity index (χ0n) is 23.9. The van der Waals surface area contributed by atoms with E-state index in [2.05, 4.69) is 17.6 Å². The number of unbranched alkanes of at least 4 members (excludes halogenated alkanes) is 4. The minimum absolute atomic E-state index is 0.0230. The maximum atomic E-state index is 13.8. The molecule has 41 heavy (non-hydrogen) atoms. The molecule has 3 unspecified atom stereocenters. The molecular weight excluding hydrogens is 530 g/mol. The first-order chi connectivity index (χ1) is 19.7. The fourth-order valence-corrected chi connectivity index (χ4v) is 4.40. The van der Waals surface area contributed by atoms with Gasteiger partial charge in [-0.1, -0.05) is 62.9 Å². The van der Waals surface area contributed by atoms with Crippen LogP contribution in [0.5, 0.6) is 0 Å². The summed E-state index contributed by atoms with van der Waals surface area (Å²) in [5.74, 6) is -2.42. The predicted octanol–water partition coefficient (Wildman–Crippen LogP) is 3.69. The zero-order valence-corrected chi connectivity index (χ0v) is 23.9. The van der Waals surface area contributed by atoms with Crippen LogP contribution in [-0.4, -0.2) is 49.1 Å². The molecule has 8 nitrogen and oxygen atoms in total. The Kier molecular flexibility index (Phi) is 15.6. The number of nitrogens with one attached hydrogen (secondary N) is 2. The molecule has 0 aliphatic carbocycles. The number of esters is 1. The van der Waals surface area contributed by atoms with Gasteiger partial charge in [0.05, 0.1) is 6.04 Å². The van der Waals surface area contributed by atoms with Crippen LogP contribution in [0.4, 0.5) is 8.78 Å². The lowest BCUT2D eigenvalue weighted by atomic mass is 10.0.